The van der Waals surface area contributed by atoms with E-state index < -0.39 is 0 Å². The van der Waals surface area contributed by atoms with Crippen molar-refractivity contribution in [1.82, 2.24) is 9.97 Å². The molecular formula is C12H23N5O. The predicted octanol–water partition coefficient (Wildman–Crippen LogP) is 1.53. The summed E-state index contributed by atoms with van der Waals surface area (Å²) >= 11 is 0. The van der Waals surface area contributed by atoms with Crippen molar-refractivity contribution in [2.24, 2.45) is 5.84 Å². The summed E-state index contributed by atoms with van der Waals surface area (Å²) in [5, 5.41) is 0. The van der Waals surface area contributed by atoms with Gasteiger partial charge in [-0.25, -0.2) is 15.8 Å². The fourth-order valence-corrected chi connectivity index (χ4v) is 1.70. The number of aromatic nitrogens is 2. The van der Waals surface area contributed by atoms with Gasteiger partial charge in [-0.1, -0.05) is 13.3 Å². The van der Waals surface area contributed by atoms with Crippen LogP contribution in [0.25, 0.3) is 0 Å². The Labute approximate surface area is 109 Å². The van der Waals surface area contributed by atoms with Crippen LogP contribution in [0.15, 0.2) is 6.07 Å². The smallest absolute Gasteiger partial charge is 0.158 e. The standard InChI is InChI=1S/C12H23N5O/c1-4-6-7-17(5-2)12-8-10(16-13)14-11(15-12)9-18-3/h8H,4-7,9,13H2,1-3H3,(H,14,15,16). The van der Waals surface area contributed by atoms with Gasteiger partial charge in [0.05, 0.1) is 0 Å². The average Bonchev–Trinajstić information content (AvgIpc) is 2.39. The molecule has 0 aliphatic carbocycles. The molecule has 0 radical (unpaired) electrons. The Balaban J connectivity index is 2.93. The quantitative estimate of drug-likeness (QED) is 0.540. The first kappa shape index (κ1) is 14.7. The minimum atomic E-state index is 0.383. The Morgan fingerprint density at radius 1 is 1.39 bits per heavy atom. The second kappa shape index (κ2) is 7.84. The molecule has 18 heavy (non-hydrogen) atoms. The van der Waals surface area contributed by atoms with E-state index in [9.17, 15) is 0 Å². The number of nitrogens with two attached hydrogens (primary N) is 1. The zero-order chi connectivity index (χ0) is 13.4. The zero-order valence-electron chi connectivity index (χ0n) is 11.4. The van der Waals surface area contributed by atoms with Gasteiger partial charge in [-0.2, -0.15) is 0 Å². The van der Waals surface area contributed by atoms with E-state index in [0.717, 1.165) is 31.7 Å². The van der Waals surface area contributed by atoms with Crippen molar-refractivity contribution in [2.45, 2.75) is 33.3 Å². The molecule has 6 heteroatoms. The number of rotatable bonds is 8. The van der Waals surface area contributed by atoms with Crippen molar-refractivity contribution in [1.29, 1.82) is 0 Å². The molecule has 1 rings (SSSR count). The highest BCUT2D eigenvalue weighted by molar-refractivity contribution is 5.48. The fourth-order valence-electron chi connectivity index (χ4n) is 1.70. The number of unbranched alkanes of at least 4 members (excludes halogenated alkanes) is 1. The first-order valence-electron chi connectivity index (χ1n) is 6.33. The van der Waals surface area contributed by atoms with Crippen LogP contribution < -0.4 is 16.2 Å². The molecule has 1 aromatic rings. The number of nitrogens with one attached hydrogen (secondary N) is 1. The topological polar surface area (TPSA) is 76.3 Å². The third kappa shape index (κ3) is 4.12. The lowest BCUT2D eigenvalue weighted by atomic mass is 10.3. The van der Waals surface area contributed by atoms with E-state index in [1.54, 1.807) is 7.11 Å². The van der Waals surface area contributed by atoms with Crippen molar-refractivity contribution in [3.05, 3.63) is 11.9 Å². The SMILES string of the molecule is CCCCN(CC)c1cc(NN)nc(COC)n1. The fraction of sp³-hybridized carbons (Fsp3) is 0.667. The van der Waals surface area contributed by atoms with Crippen LogP contribution in [0.2, 0.25) is 0 Å². The highest BCUT2D eigenvalue weighted by Crippen LogP contribution is 2.16. The Kier molecular flexibility index (Phi) is 6.38. The van der Waals surface area contributed by atoms with Crippen LogP contribution in [-0.4, -0.2) is 30.2 Å². The number of methoxy groups -OCH3 is 1. The summed E-state index contributed by atoms with van der Waals surface area (Å²) in [5.74, 6) is 7.57. The minimum absolute atomic E-state index is 0.383. The van der Waals surface area contributed by atoms with Gasteiger partial charge < -0.3 is 15.1 Å². The number of nitrogen functional groups attached to an aromatic ring is 1. The molecule has 0 aliphatic heterocycles. The molecule has 0 aromatic carbocycles. The molecule has 0 fully saturated rings. The van der Waals surface area contributed by atoms with Gasteiger partial charge in [0.1, 0.15) is 18.2 Å². The number of anilines is 2. The maximum absolute atomic E-state index is 5.43. The van der Waals surface area contributed by atoms with Gasteiger partial charge in [0.25, 0.3) is 0 Å². The summed E-state index contributed by atoms with van der Waals surface area (Å²) in [4.78, 5) is 10.9. The molecule has 0 bridgehead atoms. The van der Waals surface area contributed by atoms with Crippen LogP contribution in [0.1, 0.15) is 32.5 Å². The summed E-state index contributed by atoms with van der Waals surface area (Å²) in [6.45, 7) is 6.57. The molecule has 1 aromatic heterocycles. The van der Waals surface area contributed by atoms with Crippen LogP contribution in [0, 0.1) is 0 Å². The Morgan fingerprint density at radius 2 is 2.17 bits per heavy atom. The van der Waals surface area contributed by atoms with E-state index in [2.05, 4.69) is 34.1 Å². The maximum Gasteiger partial charge on any atom is 0.158 e. The Bertz CT molecular complexity index is 358. The van der Waals surface area contributed by atoms with Crippen LogP contribution in [0.4, 0.5) is 11.6 Å². The molecule has 0 aliphatic rings. The number of hydrogen-bond acceptors (Lipinski definition) is 6. The minimum Gasteiger partial charge on any atom is -0.377 e. The van der Waals surface area contributed by atoms with E-state index in [0.29, 0.717) is 18.2 Å². The van der Waals surface area contributed by atoms with Gasteiger partial charge in [-0.05, 0) is 13.3 Å². The lowest BCUT2D eigenvalue weighted by molar-refractivity contribution is 0.178. The van der Waals surface area contributed by atoms with E-state index in [-0.39, 0.29) is 0 Å². The van der Waals surface area contributed by atoms with E-state index >= 15 is 0 Å². The number of hydrogen-bond donors (Lipinski definition) is 2. The third-order valence-electron chi connectivity index (χ3n) is 2.67. The molecule has 3 N–H and O–H groups in total. The summed E-state index contributed by atoms with van der Waals surface area (Å²) in [6.07, 6.45) is 2.30. The molecule has 1 heterocycles. The van der Waals surface area contributed by atoms with Gasteiger partial charge in [-0.3, -0.25) is 0 Å². The average molecular weight is 253 g/mol. The molecule has 0 unspecified atom stereocenters. The molecular weight excluding hydrogens is 230 g/mol. The Hall–Kier alpha value is -1.40. The molecule has 0 saturated carbocycles. The molecule has 0 spiro atoms. The highest BCUT2D eigenvalue weighted by atomic mass is 16.5. The van der Waals surface area contributed by atoms with Gasteiger partial charge in [0.15, 0.2) is 5.82 Å². The van der Waals surface area contributed by atoms with Crippen LogP contribution in [0.5, 0.6) is 0 Å². The predicted molar refractivity (Wildman–Crippen MR) is 73.4 cm³/mol. The summed E-state index contributed by atoms with van der Waals surface area (Å²) in [5.41, 5.74) is 2.57. The molecule has 0 saturated heterocycles. The van der Waals surface area contributed by atoms with Crippen LogP contribution in [0.3, 0.4) is 0 Å². The summed E-state index contributed by atoms with van der Waals surface area (Å²) in [6, 6.07) is 1.86. The largest absolute Gasteiger partial charge is 0.377 e. The lowest BCUT2D eigenvalue weighted by Crippen LogP contribution is -2.26. The van der Waals surface area contributed by atoms with Crippen LogP contribution in [-0.2, 0) is 11.3 Å². The van der Waals surface area contributed by atoms with Crippen molar-refractivity contribution in [2.75, 3.05) is 30.5 Å². The number of ether oxygens (including phenoxy) is 1. The molecule has 0 atom stereocenters. The van der Waals surface area contributed by atoms with Crippen molar-refractivity contribution < 1.29 is 4.74 Å². The second-order valence-electron chi connectivity index (χ2n) is 4.04. The normalized spacial score (nSPS) is 10.4. The van der Waals surface area contributed by atoms with Crippen molar-refractivity contribution in [3.63, 3.8) is 0 Å². The molecule has 102 valence electrons. The van der Waals surface area contributed by atoms with Crippen LogP contribution >= 0.6 is 0 Å². The summed E-state index contributed by atoms with van der Waals surface area (Å²) in [7, 11) is 1.63. The first-order chi connectivity index (χ1) is 8.74. The Morgan fingerprint density at radius 3 is 2.72 bits per heavy atom. The molecule has 6 nitrogen and oxygen atoms in total. The molecule has 0 amide bonds. The van der Waals surface area contributed by atoms with Gasteiger partial charge in [0, 0.05) is 26.3 Å². The van der Waals surface area contributed by atoms with Crippen molar-refractivity contribution in [3.8, 4) is 0 Å². The highest BCUT2D eigenvalue weighted by Gasteiger charge is 2.09. The maximum atomic E-state index is 5.43. The first-order valence-corrected chi connectivity index (χ1v) is 6.33. The number of hydrazine groups is 1. The second-order valence-corrected chi connectivity index (χ2v) is 4.04. The van der Waals surface area contributed by atoms with E-state index in [4.69, 9.17) is 10.6 Å². The van der Waals surface area contributed by atoms with Gasteiger partial charge >= 0.3 is 0 Å². The summed E-state index contributed by atoms with van der Waals surface area (Å²) < 4.78 is 5.06. The van der Waals surface area contributed by atoms with Gasteiger partial charge in [0.2, 0.25) is 0 Å². The third-order valence-corrected chi connectivity index (χ3v) is 2.67. The van der Waals surface area contributed by atoms with Gasteiger partial charge in [-0.15, -0.1) is 0 Å². The number of nitrogens with zero attached hydrogens (tertiary/aromatic N) is 3. The lowest BCUT2D eigenvalue weighted by Gasteiger charge is -2.22. The monoisotopic (exact) mass is 253 g/mol. The van der Waals surface area contributed by atoms with E-state index in [1.807, 2.05) is 6.07 Å². The van der Waals surface area contributed by atoms with E-state index in [1.165, 1.54) is 0 Å². The zero-order valence-corrected chi connectivity index (χ0v) is 11.4. The van der Waals surface area contributed by atoms with Crippen molar-refractivity contribution >= 4 is 11.6 Å².